The SMILES string of the molecule is Cn1cc(-c2cnc(N)c(C(=O)N[C@@H]3CCN(C(=O)c4ccc(-c5cc6ccccc6s5)cc4)C3)c2)cn1. The molecule has 0 aliphatic carbocycles. The number of pyridine rings is 1. The molecule has 1 fully saturated rings. The van der Waals surface area contributed by atoms with Gasteiger partial charge in [0.05, 0.1) is 11.8 Å². The zero-order valence-electron chi connectivity index (χ0n) is 20.8. The normalized spacial score (nSPS) is 15.2. The second-order valence-electron chi connectivity index (χ2n) is 9.50. The number of carbonyl (C=O) groups excluding carboxylic acids is 2. The van der Waals surface area contributed by atoms with E-state index in [0.717, 1.165) is 16.7 Å². The Kier molecular flexibility index (Phi) is 6.13. The third kappa shape index (κ3) is 4.64. The number of hydrogen-bond acceptors (Lipinski definition) is 6. The number of nitrogen functional groups attached to an aromatic ring is 1. The maximum absolute atomic E-state index is 13.2. The fourth-order valence-electron chi connectivity index (χ4n) is 4.79. The van der Waals surface area contributed by atoms with Gasteiger partial charge in [-0.2, -0.15) is 5.10 Å². The summed E-state index contributed by atoms with van der Waals surface area (Å²) in [6, 6.07) is 19.8. The van der Waals surface area contributed by atoms with Crippen LogP contribution in [0.3, 0.4) is 0 Å². The zero-order chi connectivity index (χ0) is 26.2. The maximum Gasteiger partial charge on any atom is 0.255 e. The Bertz CT molecular complexity index is 1620. The van der Waals surface area contributed by atoms with Crippen LogP contribution >= 0.6 is 11.3 Å². The van der Waals surface area contributed by atoms with Gasteiger partial charge < -0.3 is 16.0 Å². The van der Waals surface area contributed by atoms with Crippen LogP contribution < -0.4 is 11.1 Å². The van der Waals surface area contributed by atoms with Gasteiger partial charge in [0.2, 0.25) is 0 Å². The Morgan fingerprint density at radius 1 is 1.03 bits per heavy atom. The van der Waals surface area contributed by atoms with Crippen LogP contribution in [0.15, 0.2) is 79.3 Å². The quantitative estimate of drug-likeness (QED) is 0.351. The number of thiophene rings is 1. The highest BCUT2D eigenvalue weighted by Crippen LogP contribution is 2.33. The topological polar surface area (TPSA) is 106 Å². The zero-order valence-corrected chi connectivity index (χ0v) is 21.6. The Morgan fingerprint density at radius 2 is 1.84 bits per heavy atom. The van der Waals surface area contributed by atoms with Crippen molar-refractivity contribution in [3.63, 3.8) is 0 Å². The summed E-state index contributed by atoms with van der Waals surface area (Å²) in [5, 5.41) is 8.42. The van der Waals surface area contributed by atoms with Gasteiger partial charge in [-0.15, -0.1) is 11.3 Å². The molecule has 2 aromatic carbocycles. The Hall–Kier alpha value is -4.50. The number of nitrogens with two attached hydrogens (primary N) is 1. The molecule has 5 aromatic rings. The molecule has 3 N–H and O–H groups in total. The minimum absolute atomic E-state index is 0.0376. The molecule has 1 atom stereocenters. The van der Waals surface area contributed by atoms with Crippen LogP contribution in [-0.2, 0) is 7.05 Å². The molecule has 4 heterocycles. The summed E-state index contributed by atoms with van der Waals surface area (Å²) in [7, 11) is 1.83. The number of aryl methyl sites for hydroxylation is 1. The van der Waals surface area contributed by atoms with Crippen molar-refractivity contribution in [2.24, 2.45) is 7.05 Å². The average Bonchev–Trinajstić information content (AvgIpc) is 3.68. The molecule has 0 saturated carbocycles. The van der Waals surface area contributed by atoms with E-state index in [1.165, 1.54) is 15.0 Å². The molecular formula is C29H26N6O2S. The first-order chi connectivity index (χ1) is 18.4. The second-order valence-corrected chi connectivity index (χ2v) is 10.6. The predicted molar refractivity (Wildman–Crippen MR) is 150 cm³/mol. The smallest absolute Gasteiger partial charge is 0.255 e. The summed E-state index contributed by atoms with van der Waals surface area (Å²) < 4.78 is 2.93. The van der Waals surface area contributed by atoms with E-state index in [1.807, 2.05) is 49.6 Å². The average molecular weight is 523 g/mol. The molecule has 38 heavy (non-hydrogen) atoms. The van der Waals surface area contributed by atoms with Crippen LogP contribution in [-0.4, -0.2) is 50.6 Å². The summed E-state index contributed by atoms with van der Waals surface area (Å²) in [4.78, 5) is 33.4. The van der Waals surface area contributed by atoms with Gasteiger partial charge >= 0.3 is 0 Å². The molecule has 190 valence electrons. The second kappa shape index (κ2) is 9.75. The first kappa shape index (κ1) is 23.9. The van der Waals surface area contributed by atoms with Crippen molar-refractivity contribution in [2.75, 3.05) is 18.8 Å². The molecule has 0 radical (unpaired) electrons. The van der Waals surface area contributed by atoms with E-state index in [1.54, 1.807) is 39.4 Å². The summed E-state index contributed by atoms with van der Waals surface area (Å²) in [6.45, 7) is 1.02. The number of fused-ring (bicyclic) bond motifs is 1. The third-order valence-corrected chi connectivity index (χ3v) is 8.02. The van der Waals surface area contributed by atoms with Gasteiger partial charge in [0, 0.05) is 64.8 Å². The van der Waals surface area contributed by atoms with E-state index < -0.39 is 0 Å². The fourth-order valence-corrected chi connectivity index (χ4v) is 5.86. The molecule has 9 heteroatoms. The molecule has 1 aliphatic heterocycles. The molecule has 0 spiro atoms. The van der Waals surface area contributed by atoms with Crippen molar-refractivity contribution in [2.45, 2.75) is 12.5 Å². The van der Waals surface area contributed by atoms with E-state index in [-0.39, 0.29) is 23.7 Å². The van der Waals surface area contributed by atoms with Gasteiger partial charge in [-0.3, -0.25) is 14.3 Å². The highest BCUT2D eigenvalue weighted by Gasteiger charge is 2.29. The van der Waals surface area contributed by atoms with Gasteiger partial charge in [-0.25, -0.2) is 4.98 Å². The molecule has 8 nitrogen and oxygen atoms in total. The van der Waals surface area contributed by atoms with Crippen molar-refractivity contribution >= 4 is 39.1 Å². The maximum atomic E-state index is 13.2. The van der Waals surface area contributed by atoms with E-state index in [2.05, 4.69) is 33.6 Å². The molecule has 1 aliphatic rings. The molecule has 3 aromatic heterocycles. The van der Waals surface area contributed by atoms with Crippen LogP contribution in [0.2, 0.25) is 0 Å². The largest absolute Gasteiger partial charge is 0.383 e. The fraction of sp³-hybridized carbons (Fsp3) is 0.172. The molecular weight excluding hydrogens is 496 g/mol. The number of nitrogens with one attached hydrogen (secondary N) is 1. The number of rotatable bonds is 5. The van der Waals surface area contributed by atoms with Crippen molar-refractivity contribution in [1.82, 2.24) is 25.0 Å². The molecule has 1 saturated heterocycles. The standard InChI is InChI=1S/C29H26N6O2S/c1-34-16-22(15-32-34)21-12-24(27(30)31-14-21)28(36)33-23-10-11-35(17-23)29(37)19-8-6-18(7-9-19)26-13-20-4-2-3-5-25(20)38-26/h2-9,12-16,23H,10-11,17H2,1H3,(H2,30,31)(H,33,36)/t23-/m1/s1. The van der Waals surface area contributed by atoms with Crippen LogP contribution in [0, 0.1) is 0 Å². The number of benzene rings is 2. The lowest BCUT2D eigenvalue weighted by atomic mass is 10.1. The van der Waals surface area contributed by atoms with Crippen molar-refractivity contribution < 1.29 is 9.59 Å². The highest BCUT2D eigenvalue weighted by atomic mass is 32.1. The third-order valence-electron chi connectivity index (χ3n) is 6.85. The van der Waals surface area contributed by atoms with Gasteiger partial charge in [0.15, 0.2) is 0 Å². The van der Waals surface area contributed by atoms with Gasteiger partial charge in [-0.1, -0.05) is 30.3 Å². The Labute approximate surface area is 223 Å². The van der Waals surface area contributed by atoms with E-state index in [0.29, 0.717) is 30.6 Å². The molecule has 2 amide bonds. The number of amides is 2. The molecule has 0 unspecified atom stereocenters. The Balaban J connectivity index is 1.10. The van der Waals surface area contributed by atoms with Crippen LogP contribution in [0.4, 0.5) is 5.82 Å². The number of nitrogens with zero attached hydrogens (tertiary/aromatic N) is 4. The van der Waals surface area contributed by atoms with Gasteiger partial charge in [0.1, 0.15) is 5.82 Å². The first-order valence-corrected chi connectivity index (χ1v) is 13.2. The summed E-state index contributed by atoms with van der Waals surface area (Å²) >= 11 is 1.74. The first-order valence-electron chi connectivity index (χ1n) is 12.4. The van der Waals surface area contributed by atoms with E-state index in [9.17, 15) is 9.59 Å². The number of anilines is 1. The van der Waals surface area contributed by atoms with Gasteiger partial charge in [-0.05, 0) is 47.7 Å². The number of hydrogen-bond donors (Lipinski definition) is 2. The highest BCUT2D eigenvalue weighted by molar-refractivity contribution is 7.22. The minimum atomic E-state index is -0.298. The van der Waals surface area contributed by atoms with Gasteiger partial charge in [0.25, 0.3) is 11.8 Å². The summed E-state index contributed by atoms with van der Waals surface area (Å²) in [6.07, 6.45) is 5.87. The minimum Gasteiger partial charge on any atom is -0.383 e. The number of carbonyl (C=O) groups is 2. The summed E-state index contributed by atoms with van der Waals surface area (Å²) in [5.74, 6) is -0.170. The van der Waals surface area contributed by atoms with E-state index in [4.69, 9.17) is 5.73 Å². The number of likely N-dealkylation sites (tertiary alicyclic amines) is 1. The van der Waals surface area contributed by atoms with Crippen LogP contribution in [0.1, 0.15) is 27.1 Å². The van der Waals surface area contributed by atoms with Crippen molar-refractivity contribution in [1.29, 1.82) is 0 Å². The van der Waals surface area contributed by atoms with Crippen molar-refractivity contribution in [3.8, 4) is 21.6 Å². The molecule has 6 rings (SSSR count). The Morgan fingerprint density at radius 3 is 2.61 bits per heavy atom. The van der Waals surface area contributed by atoms with Crippen molar-refractivity contribution in [3.05, 3.63) is 90.4 Å². The van der Waals surface area contributed by atoms with E-state index >= 15 is 0 Å². The monoisotopic (exact) mass is 522 g/mol. The predicted octanol–water partition coefficient (Wildman–Crippen LogP) is 4.59. The molecule has 0 bridgehead atoms. The lowest BCUT2D eigenvalue weighted by Crippen LogP contribution is -2.38. The lowest BCUT2D eigenvalue weighted by Gasteiger charge is -2.18. The summed E-state index contributed by atoms with van der Waals surface area (Å²) in [5.41, 5.74) is 9.68. The van der Waals surface area contributed by atoms with Crippen LogP contribution in [0.25, 0.3) is 31.7 Å². The van der Waals surface area contributed by atoms with Crippen LogP contribution in [0.5, 0.6) is 0 Å². The lowest BCUT2D eigenvalue weighted by molar-refractivity contribution is 0.0783. The number of aromatic nitrogens is 3.